The molecule has 0 unspecified atom stereocenters. The Morgan fingerprint density at radius 2 is 0.537 bits per heavy atom. The normalized spacial score (nSPS) is 12.2. The second-order valence-corrected chi connectivity index (χ2v) is 19.9. The van der Waals surface area contributed by atoms with Gasteiger partial charge in [0.15, 0.2) is 6.10 Å². The van der Waals surface area contributed by atoms with Crippen molar-refractivity contribution in [2.75, 3.05) is 13.2 Å². The van der Waals surface area contributed by atoms with Gasteiger partial charge in [0.05, 0.1) is 0 Å². The topological polar surface area (TPSA) is 78.9 Å². The number of carbonyl (C=O) groups is 3. The van der Waals surface area contributed by atoms with E-state index in [1.54, 1.807) is 0 Å². The summed E-state index contributed by atoms with van der Waals surface area (Å²) in [6.45, 7) is 6.64. The molecular weight excluding hydrogens is 829 g/mol. The molecule has 0 amide bonds. The Morgan fingerprint density at radius 1 is 0.299 bits per heavy atom. The van der Waals surface area contributed by atoms with Crippen molar-refractivity contribution in [2.24, 2.45) is 0 Å². The van der Waals surface area contributed by atoms with Crippen LogP contribution in [0.2, 0.25) is 0 Å². The average Bonchev–Trinajstić information content (AvgIpc) is 3.33. The van der Waals surface area contributed by atoms with Crippen LogP contribution in [-0.2, 0) is 28.6 Å². The Labute approximate surface area is 416 Å². The van der Waals surface area contributed by atoms with Crippen LogP contribution in [0.1, 0.15) is 316 Å². The van der Waals surface area contributed by atoms with E-state index in [0.717, 1.165) is 64.2 Å². The molecule has 0 aromatic heterocycles. The number of unbranched alkanes of at least 4 members (excludes halogenated alkanes) is 37. The van der Waals surface area contributed by atoms with Crippen LogP contribution in [0.15, 0.2) is 36.5 Å². The Kier molecular flexibility index (Phi) is 54.2. The van der Waals surface area contributed by atoms with Gasteiger partial charge in [0.2, 0.25) is 0 Å². The SMILES string of the molecule is CCCCC/C=C\C/C=C\CCCCCCCCCCCC(=O)OC[C@H](COC(=O)CCCCCCCCCCCCCCCCC)OC(=O)CCCCCCCCC/C=C\CCCCCC. The molecule has 0 rings (SSSR count). The van der Waals surface area contributed by atoms with E-state index >= 15 is 0 Å². The Hall–Kier alpha value is -2.37. The van der Waals surface area contributed by atoms with Crippen molar-refractivity contribution < 1.29 is 28.6 Å². The van der Waals surface area contributed by atoms with E-state index in [-0.39, 0.29) is 31.1 Å². The molecule has 6 heteroatoms. The smallest absolute Gasteiger partial charge is 0.306 e. The van der Waals surface area contributed by atoms with Crippen molar-refractivity contribution in [3.05, 3.63) is 36.5 Å². The summed E-state index contributed by atoms with van der Waals surface area (Å²) in [4.78, 5) is 38.2. The summed E-state index contributed by atoms with van der Waals surface area (Å²) in [6.07, 6.45) is 67.0. The number of allylic oxidation sites excluding steroid dienone is 6. The number of hydrogen-bond acceptors (Lipinski definition) is 6. The minimum absolute atomic E-state index is 0.0712. The van der Waals surface area contributed by atoms with Gasteiger partial charge >= 0.3 is 17.9 Å². The van der Waals surface area contributed by atoms with E-state index in [1.807, 2.05) is 0 Å². The summed E-state index contributed by atoms with van der Waals surface area (Å²) in [5, 5.41) is 0. The highest BCUT2D eigenvalue weighted by Crippen LogP contribution is 2.16. The van der Waals surface area contributed by atoms with Crippen molar-refractivity contribution in [1.29, 1.82) is 0 Å². The summed E-state index contributed by atoms with van der Waals surface area (Å²) in [6, 6.07) is 0. The zero-order valence-electron chi connectivity index (χ0n) is 44.9. The lowest BCUT2D eigenvalue weighted by atomic mass is 10.0. The molecular formula is C61H112O6. The zero-order valence-corrected chi connectivity index (χ0v) is 44.9. The largest absolute Gasteiger partial charge is 0.462 e. The monoisotopic (exact) mass is 941 g/mol. The number of esters is 3. The third-order valence-corrected chi connectivity index (χ3v) is 13.1. The molecule has 0 aliphatic carbocycles. The minimum Gasteiger partial charge on any atom is -0.462 e. The van der Waals surface area contributed by atoms with Gasteiger partial charge < -0.3 is 14.2 Å². The number of hydrogen-bond donors (Lipinski definition) is 0. The Balaban J connectivity index is 4.33. The van der Waals surface area contributed by atoms with Gasteiger partial charge in [-0.2, -0.15) is 0 Å². The van der Waals surface area contributed by atoms with E-state index in [0.29, 0.717) is 19.3 Å². The van der Waals surface area contributed by atoms with Crippen LogP contribution in [0.4, 0.5) is 0 Å². The molecule has 0 aromatic rings. The van der Waals surface area contributed by atoms with E-state index < -0.39 is 6.10 Å². The van der Waals surface area contributed by atoms with Gasteiger partial charge in [-0.1, -0.05) is 256 Å². The quantitative estimate of drug-likeness (QED) is 0.0262. The molecule has 0 saturated heterocycles. The summed E-state index contributed by atoms with van der Waals surface area (Å²) in [5.41, 5.74) is 0. The van der Waals surface area contributed by atoms with E-state index in [2.05, 4.69) is 57.2 Å². The fourth-order valence-electron chi connectivity index (χ4n) is 8.65. The lowest BCUT2D eigenvalue weighted by molar-refractivity contribution is -0.167. The molecule has 0 fully saturated rings. The van der Waals surface area contributed by atoms with Crippen molar-refractivity contribution >= 4 is 17.9 Å². The van der Waals surface area contributed by atoms with Gasteiger partial charge in [-0.3, -0.25) is 14.4 Å². The van der Waals surface area contributed by atoms with Gasteiger partial charge in [0, 0.05) is 19.3 Å². The van der Waals surface area contributed by atoms with Crippen molar-refractivity contribution in [3.63, 3.8) is 0 Å². The molecule has 0 radical (unpaired) electrons. The van der Waals surface area contributed by atoms with Crippen LogP contribution in [0.25, 0.3) is 0 Å². The van der Waals surface area contributed by atoms with Crippen LogP contribution in [0, 0.1) is 0 Å². The van der Waals surface area contributed by atoms with Gasteiger partial charge in [-0.05, 0) is 77.0 Å². The van der Waals surface area contributed by atoms with Crippen LogP contribution < -0.4 is 0 Å². The molecule has 6 nitrogen and oxygen atoms in total. The fourth-order valence-corrected chi connectivity index (χ4v) is 8.65. The molecule has 67 heavy (non-hydrogen) atoms. The highest BCUT2D eigenvalue weighted by atomic mass is 16.6. The van der Waals surface area contributed by atoms with E-state index in [4.69, 9.17) is 14.2 Å². The summed E-state index contributed by atoms with van der Waals surface area (Å²) >= 11 is 0. The maximum absolute atomic E-state index is 12.9. The maximum Gasteiger partial charge on any atom is 0.306 e. The first-order valence-electron chi connectivity index (χ1n) is 29.5. The molecule has 0 N–H and O–H groups in total. The lowest BCUT2D eigenvalue weighted by Gasteiger charge is -2.18. The summed E-state index contributed by atoms with van der Waals surface area (Å²) in [7, 11) is 0. The van der Waals surface area contributed by atoms with Crippen molar-refractivity contribution in [1.82, 2.24) is 0 Å². The number of carbonyl (C=O) groups excluding carboxylic acids is 3. The standard InChI is InChI=1S/C61H112O6/c1-4-7-10-13-16-19-22-25-28-29-30-31-34-36-39-42-45-48-51-54-60(63)66-57-58(67-61(64)55-52-49-46-43-40-37-33-27-24-21-18-15-12-9-6-3)56-65-59(62)53-50-47-44-41-38-35-32-26-23-20-17-14-11-8-5-2/h16,19,21,24-25,28,58H,4-15,17-18,20,22-23,26-27,29-57H2,1-3H3/b19-16-,24-21-,28-25-/t58-/m0/s1. The molecule has 0 bridgehead atoms. The van der Waals surface area contributed by atoms with Crippen molar-refractivity contribution in [2.45, 2.75) is 322 Å². The first-order chi connectivity index (χ1) is 33.0. The van der Waals surface area contributed by atoms with Crippen LogP contribution in [0.3, 0.4) is 0 Å². The lowest BCUT2D eigenvalue weighted by Crippen LogP contribution is -2.30. The second-order valence-electron chi connectivity index (χ2n) is 19.9. The first-order valence-corrected chi connectivity index (χ1v) is 29.5. The van der Waals surface area contributed by atoms with Crippen LogP contribution in [0.5, 0.6) is 0 Å². The Bertz CT molecular complexity index is 1130. The van der Waals surface area contributed by atoms with E-state index in [1.165, 1.54) is 212 Å². The molecule has 392 valence electrons. The summed E-state index contributed by atoms with van der Waals surface area (Å²) < 4.78 is 16.9. The van der Waals surface area contributed by atoms with Gasteiger partial charge in [-0.25, -0.2) is 0 Å². The van der Waals surface area contributed by atoms with E-state index in [9.17, 15) is 14.4 Å². The molecule has 0 saturated carbocycles. The third-order valence-electron chi connectivity index (χ3n) is 13.1. The summed E-state index contributed by atoms with van der Waals surface area (Å²) in [5.74, 6) is -0.862. The third kappa shape index (κ3) is 54.4. The highest BCUT2D eigenvalue weighted by molar-refractivity contribution is 5.71. The molecule has 1 atom stereocenters. The number of ether oxygens (including phenoxy) is 3. The van der Waals surface area contributed by atoms with Gasteiger partial charge in [-0.15, -0.1) is 0 Å². The zero-order chi connectivity index (χ0) is 48.6. The van der Waals surface area contributed by atoms with Gasteiger partial charge in [0.25, 0.3) is 0 Å². The molecule has 0 heterocycles. The Morgan fingerprint density at radius 3 is 0.881 bits per heavy atom. The maximum atomic E-state index is 12.9. The van der Waals surface area contributed by atoms with Crippen molar-refractivity contribution in [3.8, 4) is 0 Å². The number of rotatable bonds is 54. The first kappa shape index (κ1) is 64.6. The fraction of sp³-hybridized carbons (Fsp3) is 0.852. The van der Waals surface area contributed by atoms with Crippen LogP contribution >= 0.6 is 0 Å². The molecule has 0 aromatic carbocycles. The van der Waals surface area contributed by atoms with Crippen LogP contribution in [-0.4, -0.2) is 37.2 Å². The predicted octanol–water partition coefficient (Wildman–Crippen LogP) is 19.7. The second kappa shape index (κ2) is 56.2. The molecule has 0 spiro atoms. The van der Waals surface area contributed by atoms with Gasteiger partial charge in [0.1, 0.15) is 13.2 Å². The molecule has 0 aliphatic rings. The minimum atomic E-state index is -0.773. The predicted molar refractivity (Wildman–Crippen MR) is 289 cm³/mol. The highest BCUT2D eigenvalue weighted by Gasteiger charge is 2.19. The molecule has 0 aliphatic heterocycles. The average molecular weight is 942 g/mol.